The molecule has 0 unspecified atom stereocenters. The smallest absolute Gasteiger partial charge is 0.191 e. The van der Waals surface area contributed by atoms with E-state index in [2.05, 4.69) is 71.2 Å². The van der Waals surface area contributed by atoms with Crippen molar-refractivity contribution in [2.75, 3.05) is 40.3 Å². The molecule has 0 aliphatic carbocycles. The maximum absolute atomic E-state index is 5.78. The van der Waals surface area contributed by atoms with E-state index in [1.807, 2.05) is 12.1 Å². The molecule has 7 heteroatoms. The summed E-state index contributed by atoms with van der Waals surface area (Å²) in [5.74, 6) is 1.78. The van der Waals surface area contributed by atoms with Crippen molar-refractivity contribution in [3.63, 3.8) is 0 Å². The van der Waals surface area contributed by atoms with Gasteiger partial charge in [0.1, 0.15) is 5.75 Å². The minimum Gasteiger partial charge on any atom is -0.494 e. The summed E-state index contributed by atoms with van der Waals surface area (Å²) in [6.45, 7) is 6.25. The van der Waals surface area contributed by atoms with Gasteiger partial charge < -0.3 is 20.3 Å². The van der Waals surface area contributed by atoms with E-state index in [0.717, 1.165) is 50.8 Å². The molecular formula is C21H33IN4OS. The predicted molar refractivity (Wildman–Crippen MR) is 131 cm³/mol. The van der Waals surface area contributed by atoms with Gasteiger partial charge in [-0.3, -0.25) is 0 Å². The standard InChI is InChI=1S/C21H32N4OS.HI/c1-4-22-21(23-13-12-20-7-5-16-27-20)24-17-18-8-10-19(11-9-18)26-15-6-14-25(2)3;/h5,7-11,16H,4,6,12-15,17H2,1-3H3,(H2,22,23,24);1H. The molecule has 2 rings (SSSR count). The molecule has 0 radical (unpaired) electrons. The van der Waals surface area contributed by atoms with Gasteiger partial charge in [-0.25, -0.2) is 4.99 Å². The molecule has 0 bridgehead atoms. The number of guanidine groups is 1. The topological polar surface area (TPSA) is 48.9 Å². The van der Waals surface area contributed by atoms with Crippen LogP contribution >= 0.6 is 35.3 Å². The van der Waals surface area contributed by atoms with Crippen molar-refractivity contribution in [2.24, 2.45) is 4.99 Å². The van der Waals surface area contributed by atoms with E-state index in [1.165, 1.54) is 10.4 Å². The Morgan fingerprint density at radius 2 is 1.93 bits per heavy atom. The molecule has 0 atom stereocenters. The molecule has 2 aromatic rings. The van der Waals surface area contributed by atoms with Crippen molar-refractivity contribution in [1.82, 2.24) is 15.5 Å². The number of aliphatic imine (C=N–C) groups is 1. The lowest BCUT2D eigenvalue weighted by molar-refractivity contribution is 0.281. The second-order valence-corrected chi connectivity index (χ2v) is 7.63. The number of hydrogen-bond acceptors (Lipinski definition) is 4. The van der Waals surface area contributed by atoms with Crippen LogP contribution in [0.15, 0.2) is 46.8 Å². The fraction of sp³-hybridized carbons (Fsp3) is 0.476. The number of halogens is 1. The van der Waals surface area contributed by atoms with Crippen LogP contribution in [0.1, 0.15) is 23.8 Å². The number of hydrogen-bond donors (Lipinski definition) is 2. The highest BCUT2D eigenvalue weighted by Gasteiger charge is 2.00. The van der Waals surface area contributed by atoms with Crippen LogP contribution in [0.5, 0.6) is 5.75 Å². The van der Waals surface area contributed by atoms with Crippen molar-refractivity contribution in [3.8, 4) is 5.75 Å². The quantitative estimate of drug-likeness (QED) is 0.205. The number of thiophene rings is 1. The van der Waals surface area contributed by atoms with E-state index >= 15 is 0 Å². The first-order valence-electron chi connectivity index (χ1n) is 9.58. The van der Waals surface area contributed by atoms with Gasteiger partial charge in [-0.1, -0.05) is 18.2 Å². The third-order valence-corrected chi connectivity index (χ3v) is 4.89. The molecule has 0 aliphatic rings. The van der Waals surface area contributed by atoms with Gasteiger partial charge in [0.15, 0.2) is 5.96 Å². The van der Waals surface area contributed by atoms with Crippen LogP contribution in [0.4, 0.5) is 0 Å². The zero-order valence-corrected chi connectivity index (χ0v) is 20.3. The third kappa shape index (κ3) is 10.3. The van der Waals surface area contributed by atoms with Gasteiger partial charge in [0.25, 0.3) is 0 Å². The van der Waals surface area contributed by atoms with E-state index < -0.39 is 0 Å². The summed E-state index contributed by atoms with van der Waals surface area (Å²) in [5.41, 5.74) is 1.17. The van der Waals surface area contributed by atoms with E-state index in [0.29, 0.717) is 6.54 Å². The van der Waals surface area contributed by atoms with E-state index in [9.17, 15) is 0 Å². The van der Waals surface area contributed by atoms with Gasteiger partial charge in [0.05, 0.1) is 13.2 Å². The van der Waals surface area contributed by atoms with Crippen molar-refractivity contribution >= 4 is 41.3 Å². The molecule has 0 fully saturated rings. The predicted octanol–water partition coefficient (Wildman–Crippen LogP) is 3.99. The Morgan fingerprint density at radius 1 is 1.14 bits per heavy atom. The Morgan fingerprint density at radius 3 is 2.57 bits per heavy atom. The lowest BCUT2D eigenvalue weighted by Crippen LogP contribution is -2.38. The molecular weight excluding hydrogens is 483 g/mol. The Labute approximate surface area is 190 Å². The van der Waals surface area contributed by atoms with Crippen molar-refractivity contribution < 1.29 is 4.74 Å². The SMILES string of the molecule is CCNC(=NCc1ccc(OCCCN(C)C)cc1)NCCc1cccs1.I. The monoisotopic (exact) mass is 516 g/mol. The second kappa shape index (κ2) is 14.6. The summed E-state index contributed by atoms with van der Waals surface area (Å²) in [7, 11) is 4.15. The van der Waals surface area contributed by atoms with Crippen LogP contribution in [-0.2, 0) is 13.0 Å². The summed E-state index contributed by atoms with van der Waals surface area (Å²) in [5, 5.41) is 8.82. The average molecular weight is 516 g/mol. The highest BCUT2D eigenvalue weighted by atomic mass is 127. The molecule has 1 aromatic carbocycles. The number of nitrogens with zero attached hydrogens (tertiary/aromatic N) is 2. The molecule has 1 heterocycles. The number of rotatable bonds is 11. The number of nitrogens with one attached hydrogen (secondary N) is 2. The second-order valence-electron chi connectivity index (χ2n) is 6.60. The third-order valence-electron chi connectivity index (χ3n) is 3.95. The molecule has 28 heavy (non-hydrogen) atoms. The Bertz CT molecular complexity index is 660. The summed E-state index contributed by atoms with van der Waals surface area (Å²) in [4.78, 5) is 8.23. The Hall–Kier alpha value is -1.32. The van der Waals surface area contributed by atoms with E-state index in [-0.39, 0.29) is 24.0 Å². The maximum Gasteiger partial charge on any atom is 0.191 e. The van der Waals surface area contributed by atoms with Crippen LogP contribution in [0.2, 0.25) is 0 Å². The molecule has 0 aliphatic heterocycles. The largest absolute Gasteiger partial charge is 0.494 e. The van der Waals surface area contributed by atoms with Gasteiger partial charge in [-0.2, -0.15) is 0 Å². The average Bonchev–Trinajstić information content (AvgIpc) is 3.17. The molecule has 0 saturated carbocycles. The van der Waals surface area contributed by atoms with Crippen LogP contribution in [0, 0.1) is 0 Å². The molecule has 1 aromatic heterocycles. The fourth-order valence-corrected chi connectivity index (χ4v) is 3.24. The zero-order chi connectivity index (χ0) is 19.3. The Balaban J connectivity index is 0.00000392. The van der Waals surface area contributed by atoms with Crippen molar-refractivity contribution in [2.45, 2.75) is 26.3 Å². The molecule has 156 valence electrons. The highest BCUT2D eigenvalue weighted by Crippen LogP contribution is 2.13. The van der Waals surface area contributed by atoms with Gasteiger partial charge >= 0.3 is 0 Å². The molecule has 2 N–H and O–H groups in total. The Kier molecular flexibility index (Phi) is 12.9. The molecule has 0 saturated heterocycles. The van der Waals surface area contributed by atoms with Crippen LogP contribution in [-0.4, -0.2) is 51.2 Å². The first-order chi connectivity index (χ1) is 13.2. The normalized spacial score (nSPS) is 11.2. The van der Waals surface area contributed by atoms with Crippen molar-refractivity contribution in [3.05, 3.63) is 52.2 Å². The van der Waals surface area contributed by atoms with Gasteiger partial charge in [0.2, 0.25) is 0 Å². The maximum atomic E-state index is 5.78. The van der Waals surface area contributed by atoms with Gasteiger partial charge in [-0.05, 0) is 63.0 Å². The number of benzene rings is 1. The van der Waals surface area contributed by atoms with E-state index in [1.54, 1.807) is 11.3 Å². The minimum atomic E-state index is 0. The van der Waals surface area contributed by atoms with E-state index in [4.69, 9.17) is 4.74 Å². The van der Waals surface area contributed by atoms with Crippen LogP contribution in [0.25, 0.3) is 0 Å². The highest BCUT2D eigenvalue weighted by molar-refractivity contribution is 14.0. The summed E-state index contributed by atoms with van der Waals surface area (Å²) < 4.78 is 5.78. The molecule has 0 amide bonds. The van der Waals surface area contributed by atoms with Crippen molar-refractivity contribution in [1.29, 1.82) is 0 Å². The fourth-order valence-electron chi connectivity index (χ4n) is 2.53. The van der Waals surface area contributed by atoms with Crippen LogP contribution < -0.4 is 15.4 Å². The van der Waals surface area contributed by atoms with Gasteiger partial charge in [-0.15, -0.1) is 35.3 Å². The summed E-state index contributed by atoms with van der Waals surface area (Å²) >= 11 is 1.79. The lowest BCUT2D eigenvalue weighted by atomic mass is 10.2. The lowest BCUT2D eigenvalue weighted by Gasteiger charge is -2.11. The molecule has 5 nitrogen and oxygen atoms in total. The number of ether oxygens (including phenoxy) is 1. The first-order valence-corrected chi connectivity index (χ1v) is 10.5. The summed E-state index contributed by atoms with van der Waals surface area (Å²) in [6, 6.07) is 12.5. The first kappa shape index (κ1) is 24.7. The molecule has 0 spiro atoms. The van der Waals surface area contributed by atoms with Gasteiger partial charge in [0, 0.05) is 24.5 Å². The minimum absolute atomic E-state index is 0. The summed E-state index contributed by atoms with van der Waals surface area (Å²) in [6.07, 6.45) is 2.05. The zero-order valence-electron chi connectivity index (χ0n) is 17.1. The van der Waals surface area contributed by atoms with Crippen LogP contribution in [0.3, 0.4) is 0 Å².